The Balaban J connectivity index is 1.53. The van der Waals surface area contributed by atoms with Crippen molar-refractivity contribution in [1.82, 2.24) is 14.8 Å². The van der Waals surface area contributed by atoms with Gasteiger partial charge >= 0.3 is 5.97 Å². The Hall–Kier alpha value is -4.90. The second-order valence-electron chi connectivity index (χ2n) is 13.1. The Bertz CT molecular complexity index is 2010. The van der Waals surface area contributed by atoms with Crippen molar-refractivity contribution in [2.45, 2.75) is 65.4 Å². The molecule has 1 saturated heterocycles. The van der Waals surface area contributed by atoms with Crippen LogP contribution in [0.15, 0.2) is 65.6 Å². The van der Waals surface area contributed by atoms with Gasteiger partial charge in [0.25, 0.3) is 5.56 Å². The van der Waals surface area contributed by atoms with E-state index < -0.39 is 53.7 Å². The monoisotopic (exact) mass is 687 g/mol. The summed E-state index contributed by atoms with van der Waals surface area (Å²) in [7, 11) is 0. The number of pyridine rings is 1. The molecule has 2 aliphatic rings. The molecule has 0 spiro atoms. The van der Waals surface area contributed by atoms with Crippen molar-refractivity contribution in [2.24, 2.45) is 0 Å². The molecule has 3 aromatic carbocycles. The van der Waals surface area contributed by atoms with Gasteiger partial charge < -0.3 is 14.8 Å². The number of hydrogen-bond acceptors (Lipinski definition) is 6. The van der Waals surface area contributed by atoms with Crippen molar-refractivity contribution in [3.8, 4) is 16.9 Å². The first-order valence-electron chi connectivity index (χ1n) is 16.8. The molecule has 11 heteroatoms. The average Bonchev–Trinajstić information content (AvgIpc) is 3.05. The van der Waals surface area contributed by atoms with Gasteiger partial charge in [-0.3, -0.25) is 23.9 Å². The zero-order chi connectivity index (χ0) is 35.7. The van der Waals surface area contributed by atoms with E-state index in [1.807, 2.05) is 24.0 Å². The second kappa shape index (κ2) is 14.5. The topological polar surface area (TPSA) is 89.9 Å². The maximum Gasteiger partial charge on any atom is 0.308 e. The number of carbonyl (C=O) groups excluding carboxylic acids is 2. The molecule has 1 aromatic heterocycles. The minimum absolute atomic E-state index is 0.00988. The van der Waals surface area contributed by atoms with Crippen LogP contribution in [0.2, 0.25) is 0 Å². The largest absolute Gasteiger partial charge is 0.488 e. The highest BCUT2D eigenvalue weighted by molar-refractivity contribution is 5.85. The summed E-state index contributed by atoms with van der Waals surface area (Å²) >= 11 is 0. The number of alkyl halides is 1. The molecule has 2 atom stereocenters. The number of benzene rings is 3. The van der Waals surface area contributed by atoms with Gasteiger partial charge in [-0.05, 0) is 98.3 Å². The lowest BCUT2D eigenvalue weighted by Crippen LogP contribution is -2.49. The van der Waals surface area contributed by atoms with E-state index in [0.29, 0.717) is 59.6 Å². The molecule has 50 heavy (non-hydrogen) atoms. The van der Waals surface area contributed by atoms with Crippen molar-refractivity contribution in [1.29, 1.82) is 0 Å². The van der Waals surface area contributed by atoms with Crippen LogP contribution in [0.1, 0.15) is 64.4 Å². The lowest BCUT2D eigenvalue weighted by molar-refractivity contribution is -0.143. The summed E-state index contributed by atoms with van der Waals surface area (Å²) in [5, 5.41) is 2.81. The molecule has 0 saturated carbocycles. The minimum Gasteiger partial charge on any atom is -0.488 e. The fraction of sp³-hybridized carbons (Fsp3) is 0.359. The van der Waals surface area contributed by atoms with Gasteiger partial charge in [0, 0.05) is 48.1 Å². The third-order valence-corrected chi connectivity index (χ3v) is 9.36. The lowest BCUT2D eigenvalue weighted by atomic mass is 9.91. The Kier molecular flexibility index (Phi) is 10.2. The van der Waals surface area contributed by atoms with Crippen LogP contribution in [0.3, 0.4) is 0 Å². The summed E-state index contributed by atoms with van der Waals surface area (Å²) in [6.07, 6.45) is 0.682. The van der Waals surface area contributed by atoms with Crippen molar-refractivity contribution in [3.63, 3.8) is 0 Å². The van der Waals surface area contributed by atoms with E-state index in [2.05, 4.69) is 5.32 Å². The number of aryl methyl sites for hydroxylation is 3. The van der Waals surface area contributed by atoms with Crippen LogP contribution in [-0.4, -0.2) is 53.8 Å². The number of nitrogens with zero attached hydrogens (tertiary/aromatic N) is 2. The van der Waals surface area contributed by atoms with E-state index in [1.165, 1.54) is 22.9 Å². The van der Waals surface area contributed by atoms with Crippen molar-refractivity contribution >= 4 is 11.9 Å². The van der Waals surface area contributed by atoms with Gasteiger partial charge in [-0.15, -0.1) is 0 Å². The number of likely N-dealkylation sites (tertiary alicyclic amines) is 1. The smallest absolute Gasteiger partial charge is 0.308 e. The second-order valence-corrected chi connectivity index (χ2v) is 13.1. The van der Waals surface area contributed by atoms with Gasteiger partial charge in [0.1, 0.15) is 36.2 Å². The maximum atomic E-state index is 16.1. The SMILES string of the molecule is CCOC(=O)C[C@@H]1NC(=O)[C@@H](n2cc(CCN3CC(F)C3)cc(C)c2=O)c2cc(ccc2F)COc2cccc(C)c2-c2cc(C)c(F)c1c2. The third kappa shape index (κ3) is 7.19. The van der Waals surface area contributed by atoms with E-state index in [9.17, 15) is 18.8 Å². The first-order valence-corrected chi connectivity index (χ1v) is 16.8. The van der Waals surface area contributed by atoms with E-state index >= 15 is 8.78 Å². The molecule has 1 N–H and O–H groups in total. The van der Waals surface area contributed by atoms with Crippen molar-refractivity contribution in [3.05, 3.63) is 122 Å². The van der Waals surface area contributed by atoms with Crippen LogP contribution in [0, 0.1) is 32.4 Å². The Morgan fingerprint density at radius 1 is 0.980 bits per heavy atom. The summed E-state index contributed by atoms with van der Waals surface area (Å²) in [5.41, 5.74) is 3.40. The van der Waals surface area contributed by atoms with Crippen LogP contribution < -0.4 is 15.6 Å². The summed E-state index contributed by atoms with van der Waals surface area (Å²) < 4.78 is 58.2. The highest BCUT2D eigenvalue weighted by Gasteiger charge is 2.33. The number of aromatic nitrogens is 1. The minimum atomic E-state index is -1.55. The molecule has 0 unspecified atom stereocenters. The Morgan fingerprint density at radius 2 is 1.76 bits per heavy atom. The molecule has 8 nitrogen and oxygen atoms in total. The molecule has 1 amide bonds. The van der Waals surface area contributed by atoms with Gasteiger partial charge in [-0.2, -0.15) is 0 Å². The van der Waals surface area contributed by atoms with E-state index in [4.69, 9.17) is 9.47 Å². The lowest BCUT2D eigenvalue weighted by Gasteiger charge is -2.34. The van der Waals surface area contributed by atoms with Crippen LogP contribution in [0.5, 0.6) is 5.75 Å². The summed E-state index contributed by atoms with van der Waals surface area (Å²) in [6, 6.07) is 12.0. The van der Waals surface area contributed by atoms with Crippen LogP contribution >= 0.6 is 0 Å². The van der Waals surface area contributed by atoms with Crippen LogP contribution in [0.4, 0.5) is 13.2 Å². The van der Waals surface area contributed by atoms with Gasteiger partial charge in [-0.25, -0.2) is 13.2 Å². The molecular weight excluding hydrogens is 647 g/mol. The summed E-state index contributed by atoms with van der Waals surface area (Å²) in [5.74, 6) is -2.37. The zero-order valence-corrected chi connectivity index (χ0v) is 28.5. The third-order valence-electron chi connectivity index (χ3n) is 9.36. The number of halogens is 3. The fourth-order valence-corrected chi connectivity index (χ4v) is 6.80. The molecule has 262 valence electrons. The first-order chi connectivity index (χ1) is 23.9. The van der Waals surface area contributed by atoms with Gasteiger partial charge in [-0.1, -0.05) is 18.2 Å². The van der Waals surface area contributed by atoms with Crippen LogP contribution in [-0.2, 0) is 27.4 Å². The summed E-state index contributed by atoms with van der Waals surface area (Å²) in [6.45, 7) is 8.01. The molecular formula is C39H40F3N3O5. The number of carbonyl (C=O) groups is 2. The number of ether oxygens (including phenoxy) is 2. The standard InChI is InChI=1S/C39H40F3N3O5/c1-5-49-34(46)17-32-30-16-27(14-23(3)36(30)42)35-22(2)7-6-8-33(35)50-21-26-9-10-31(41)29(15-26)37(38(47)43-32)45-18-25(13-24(4)39(45)48)11-12-44-19-28(40)20-44/h6-10,13-16,18,28,32,37H,5,11-12,17,19-21H2,1-4H3,(H,43,47)/t32-,37-/m0/s1. The van der Waals surface area contributed by atoms with Crippen molar-refractivity contribution in [2.75, 3.05) is 26.2 Å². The molecule has 4 bridgehead atoms. The van der Waals surface area contributed by atoms with Gasteiger partial charge in [0.15, 0.2) is 0 Å². The molecule has 0 radical (unpaired) electrons. The number of esters is 1. The van der Waals surface area contributed by atoms with E-state index in [1.54, 1.807) is 51.1 Å². The quantitative estimate of drug-likeness (QED) is 0.233. The summed E-state index contributed by atoms with van der Waals surface area (Å²) in [4.78, 5) is 43.3. The number of fused-ring (bicyclic) bond motifs is 6. The van der Waals surface area contributed by atoms with Gasteiger partial charge in [0.05, 0.1) is 19.1 Å². The molecule has 3 heterocycles. The van der Waals surface area contributed by atoms with Crippen LogP contribution in [0.25, 0.3) is 11.1 Å². The Morgan fingerprint density at radius 3 is 2.50 bits per heavy atom. The average molecular weight is 688 g/mol. The number of hydrogen-bond donors (Lipinski definition) is 1. The fourth-order valence-electron chi connectivity index (χ4n) is 6.80. The first kappa shape index (κ1) is 34.9. The van der Waals surface area contributed by atoms with Gasteiger partial charge in [0.2, 0.25) is 5.91 Å². The molecule has 0 aliphatic carbocycles. The number of amides is 1. The molecule has 1 fully saturated rings. The van der Waals surface area contributed by atoms with E-state index in [0.717, 1.165) is 5.56 Å². The number of nitrogens with one attached hydrogen (secondary N) is 1. The maximum absolute atomic E-state index is 16.1. The normalized spacial score (nSPS) is 17.9. The predicted octanol–water partition coefficient (Wildman–Crippen LogP) is 6.21. The van der Waals surface area contributed by atoms with Crippen molar-refractivity contribution < 1.29 is 32.2 Å². The predicted molar refractivity (Wildman–Crippen MR) is 183 cm³/mol. The Labute approximate surface area is 288 Å². The molecule has 2 aliphatic heterocycles. The molecule has 4 aromatic rings. The zero-order valence-electron chi connectivity index (χ0n) is 28.5. The molecule has 6 rings (SSSR count). The highest BCUT2D eigenvalue weighted by Crippen LogP contribution is 2.38. The highest BCUT2D eigenvalue weighted by atomic mass is 19.1. The number of rotatable bonds is 7. The van der Waals surface area contributed by atoms with E-state index in [-0.39, 0.29) is 29.9 Å².